The normalized spacial score (nSPS) is 21.5. The van der Waals surface area contributed by atoms with E-state index < -0.39 is 0 Å². The molecule has 0 bridgehead atoms. The highest BCUT2D eigenvalue weighted by atomic mass is 35.5. The second-order valence-corrected chi connectivity index (χ2v) is 9.81. The number of esters is 1. The molecule has 31 heavy (non-hydrogen) atoms. The first-order valence-electron chi connectivity index (χ1n) is 10.9. The fraction of sp³-hybridized carbons (Fsp3) is 0.440. The largest absolute Gasteiger partial charge is 0.461 e. The molecule has 0 aliphatic heterocycles. The van der Waals surface area contributed by atoms with Gasteiger partial charge in [0, 0.05) is 5.56 Å². The van der Waals surface area contributed by atoms with E-state index in [9.17, 15) is 4.79 Å². The molecule has 0 N–H and O–H groups in total. The van der Waals surface area contributed by atoms with Crippen molar-refractivity contribution < 1.29 is 9.53 Å². The molecule has 0 saturated heterocycles. The number of para-hydroxylation sites is 2. The van der Waals surface area contributed by atoms with Gasteiger partial charge < -0.3 is 9.30 Å². The topological polar surface area (TPSA) is 44.1 Å². The van der Waals surface area contributed by atoms with Crippen LogP contribution in [0.15, 0.2) is 42.5 Å². The number of carbonyl (C=O) groups excluding carboxylic acids is 1. The van der Waals surface area contributed by atoms with Crippen LogP contribution in [0.25, 0.3) is 22.4 Å². The number of nitrogens with zero attached hydrogens (tertiary/aromatic N) is 2. The summed E-state index contributed by atoms with van der Waals surface area (Å²) in [5, 5.41) is 0.940. The van der Waals surface area contributed by atoms with Crippen LogP contribution >= 0.6 is 23.2 Å². The number of benzene rings is 2. The Labute approximate surface area is 193 Å². The number of hydrogen-bond donors (Lipinski definition) is 0. The Hall–Kier alpha value is -2.04. The minimum atomic E-state index is -0.228. The van der Waals surface area contributed by atoms with Crippen LogP contribution in [0.5, 0.6) is 0 Å². The van der Waals surface area contributed by atoms with Gasteiger partial charge in [-0.2, -0.15) is 0 Å². The van der Waals surface area contributed by atoms with Crippen molar-refractivity contribution >= 4 is 40.2 Å². The van der Waals surface area contributed by atoms with Gasteiger partial charge in [-0.25, -0.2) is 4.98 Å². The second kappa shape index (κ2) is 9.22. The van der Waals surface area contributed by atoms with Gasteiger partial charge in [-0.1, -0.05) is 62.5 Å². The molecular weight excluding hydrogens is 431 g/mol. The monoisotopic (exact) mass is 458 g/mol. The summed E-state index contributed by atoms with van der Waals surface area (Å²) in [6.07, 6.45) is 3.21. The molecule has 3 atom stereocenters. The number of fused-ring (bicyclic) bond motifs is 1. The van der Waals surface area contributed by atoms with E-state index >= 15 is 0 Å². The minimum absolute atomic E-state index is 0.0283. The number of carbonyl (C=O) groups is 1. The lowest BCUT2D eigenvalue weighted by Gasteiger charge is -2.36. The molecule has 0 radical (unpaired) electrons. The quantitative estimate of drug-likeness (QED) is 0.386. The van der Waals surface area contributed by atoms with Crippen molar-refractivity contribution in [2.45, 2.75) is 52.7 Å². The van der Waals surface area contributed by atoms with Crippen molar-refractivity contribution in [2.24, 2.45) is 17.8 Å². The van der Waals surface area contributed by atoms with Crippen molar-refractivity contribution in [3.8, 4) is 11.4 Å². The molecular formula is C25H28Cl2N2O2. The Balaban J connectivity index is 1.64. The van der Waals surface area contributed by atoms with Gasteiger partial charge in [0.1, 0.15) is 18.5 Å². The Bertz CT molecular complexity index is 1090. The summed E-state index contributed by atoms with van der Waals surface area (Å²) in [6, 6.07) is 13.2. The Morgan fingerprint density at radius 1 is 1.16 bits per heavy atom. The summed E-state index contributed by atoms with van der Waals surface area (Å²) in [7, 11) is 0. The van der Waals surface area contributed by atoms with Crippen LogP contribution in [0.4, 0.5) is 0 Å². The number of rotatable bonds is 5. The van der Waals surface area contributed by atoms with E-state index in [-0.39, 0.29) is 18.6 Å². The summed E-state index contributed by atoms with van der Waals surface area (Å²) in [5.41, 5.74) is 2.52. The Morgan fingerprint density at radius 2 is 1.94 bits per heavy atom. The summed E-state index contributed by atoms with van der Waals surface area (Å²) in [4.78, 5) is 17.8. The van der Waals surface area contributed by atoms with Crippen molar-refractivity contribution in [3.63, 3.8) is 0 Å². The standard InChI is InChI=1S/C25H28Cl2N2O2/c1-15(2)18-10-8-16(3)12-23(18)31-24(30)14-29-22-7-5-4-6-21(22)28-25(29)17-9-11-19(26)20(27)13-17/h4-7,9,11,13,15-16,18,23H,8,10,12,14H2,1-3H3/t16-,18+,23?/m1/s1. The van der Waals surface area contributed by atoms with E-state index in [0.29, 0.717) is 33.6 Å². The third-order valence-electron chi connectivity index (χ3n) is 6.36. The van der Waals surface area contributed by atoms with E-state index in [1.165, 1.54) is 6.42 Å². The summed E-state index contributed by atoms with van der Waals surface area (Å²) in [6.45, 7) is 6.77. The molecule has 4 nitrogen and oxygen atoms in total. The van der Waals surface area contributed by atoms with Gasteiger partial charge in [-0.15, -0.1) is 0 Å². The number of imidazole rings is 1. The zero-order valence-corrected chi connectivity index (χ0v) is 19.7. The molecule has 6 heteroatoms. The molecule has 164 valence electrons. The van der Waals surface area contributed by atoms with E-state index in [1.54, 1.807) is 12.1 Å². The molecule has 0 spiro atoms. The van der Waals surface area contributed by atoms with Crippen LogP contribution in [-0.4, -0.2) is 21.6 Å². The molecule has 1 heterocycles. The highest BCUT2D eigenvalue weighted by Gasteiger charge is 2.33. The van der Waals surface area contributed by atoms with Crippen LogP contribution in [0.2, 0.25) is 10.0 Å². The van der Waals surface area contributed by atoms with Gasteiger partial charge >= 0.3 is 5.97 Å². The van der Waals surface area contributed by atoms with E-state index in [2.05, 4.69) is 20.8 Å². The minimum Gasteiger partial charge on any atom is -0.461 e. The number of aromatic nitrogens is 2. The molecule has 0 amide bonds. The summed E-state index contributed by atoms with van der Waals surface area (Å²) >= 11 is 12.3. The predicted molar refractivity (Wildman–Crippen MR) is 126 cm³/mol. The zero-order valence-electron chi connectivity index (χ0n) is 18.1. The van der Waals surface area contributed by atoms with Gasteiger partial charge in [0.05, 0.1) is 21.1 Å². The van der Waals surface area contributed by atoms with Crippen LogP contribution in [0.3, 0.4) is 0 Å². The summed E-state index contributed by atoms with van der Waals surface area (Å²) < 4.78 is 7.97. The summed E-state index contributed by atoms with van der Waals surface area (Å²) in [5.74, 6) is 1.93. The zero-order chi connectivity index (χ0) is 22.1. The predicted octanol–water partition coefficient (Wildman–Crippen LogP) is 7.01. The first kappa shape index (κ1) is 22.2. The molecule has 1 aromatic heterocycles. The third-order valence-corrected chi connectivity index (χ3v) is 7.10. The lowest BCUT2D eigenvalue weighted by atomic mass is 9.75. The van der Waals surface area contributed by atoms with Crippen molar-refractivity contribution in [3.05, 3.63) is 52.5 Å². The lowest BCUT2D eigenvalue weighted by Crippen LogP contribution is -2.36. The molecule has 1 aliphatic rings. The molecule has 1 unspecified atom stereocenters. The Morgan fingerprint density at radius 3 is 2.68 bits per heavy atom. The molecule has 1 fully saturated rings. The fourth-order valence-electron chi connectivity index (χ4n) is 4.68. The maximum Gasteiger partial charge on any atom is 0.326 e. The second-order valence-electron chi connectivity index (χ2n) is 8.99. The fourth-order valence-corrected chi connectivity index (χ4v) is 4.97. The molecule has 3 aromatic rings. The van der Waals surface area contributed by atoms with Gasteiger partial charge in [-0.05, 0) is 60.9 Å². The first-order valence-corrected chi connectivity index (χ1v) is 11.7. The molecule has 1 aliphatic carbocycles. The van der Waals surface area contributed by atoms with Gasteiger partial charge in [0.2, 0.25) is 0 Å². The highest BCUT2D eigenvalue weighted by Crippen LogP contribution is 2.36. The van der Waals surface area contributed by atoms with Crippen LogP contribution in [0.1, 0.15) is 40.0 Å². The number of halogens is 2. The van der Waals surface area contributed by atoms with Crippen LogP contribution in [0, 0.1) is 17.8 Å². The number of hydrogen-bond acceptors (Lipinski definition) is 3. The molecule has 2 aromatic carbocycles. The van der Waals surface area contributed by atoms with Crippen molar-refractivity contribution in [1.29, 1.82) is 0 Å². The third kappa shape index (κ3) is 4.75. The molecule has 1 saturated carbocycles. The van der Waals surface area contributed by atoms with Crippen LogP contribution < -0.4 is 0 Å². The lowest BCUT2D eigenvalue weighted by molar-refractivity contribution is -0.156. The van der Waals surface area contributed by atoms with Crippen LogP contribution in [-0.2, 0) is 16.1 Å². The average molecular weight is 459 g/mol. The van der Waals surface area contributed by atoms with Crippen molar-refractivity contribution in [2.75, 3.05) is 0 Å². The highest BCUT2D eigenvalue weighted by molar-refractivity contribution is 6.42. The van der Waals surface area contributed by atoms with Crippen molar-refractivity contribution in [1.82, 2.24) is 9.55 Å². The van der Waals surface area contributed by atoms with E-state index in [4.69, 9.17) is 32.9 Å². The van der Waals surface area contributed by atoms with E-state index in [0.717, 1.165) is 29.4 Å². The first-order chi connectivity index (χ1) is 14.8. The Kier molecular flexibility index (Phi) is 6.59. The average Bonchev–Trinajstić information content (AvgIpc) is 3.08. The number of ether oxygens (including phenoxy) is 1. The SMILES string of the molecule is CC(C)[C@@H]1CC[C@@H](C)CC1OC(=O)Cn1c(-c2ccc(Cl)c(Cl)c2)nc2ccccc21. The molecule has 4 rings (SSSR count). The smallest absolute Gasteiger partial charge is 0.326 e. The maximum absolute atomic E-state index is 13.1. The van der Waals surface area contributed by atoms with Gasteiger partial charge in [-0.3, -0.25) is 4.79 Å². The maximum atomic E-state index is 13.1. The van der Waals surface area contributed by atoms with E-state index in [1.807, 2.05) is 34.9 Å². The van der Waals surface area contributed by atoms with Gasteiger partial charge in [0.25, 0.3) is 0 Å². The van der Waals surface area contributed by atoms with Gasteiger partial charge in [0.15, 0.2) is 0 Å².